The van der Waals surface area contributed by atoms with Gasteiger partial charge in [-0.15, -0.1) is 0 Å². The van der Waals surface area contributed by atoms with Gasteiger partial charge in [-0.2, -0.15) is 0 Å². The highest BCUT2D eigenvalue weighted by Gasteiger charge is 2.31. The highest BCUT2D eigenvalue weighted by molar-refractivity contribution is 5.75. The molecule has 2 unspecified atom stereocenters. The van der Waals surface area contributed by atoms with Gasteiger partial charge in [0.1, 0.15) is 6.04 Å². The first kappa shape index (κ1) is 12.8. The van der Waals surface area contributed by atoms with Gasteiger partial charge in [0.05, 0.1) is 0 Å². The fourth-order valence-corrected chi connectivity index (χ4v) is 2.40. The fourth-order valence-electron chi connectivity index (χ4n) is 2.40. The molecule has 1 aliphatic heterocycles. The Morgan fingerprint density at radius 3 is 2.78 bits per heavy atom. The highest BCUT2D eigenvalue weighted by atomic mass is 16.4. The van der Waals surface area contributed by atoms with Gasteiger partial charge in [0, 0.05) is 19.1 Å². The summed E-state index contributed by atoms with van der Waals surface area (Å²) < 4.78 is 0. The number of nitrogens with zero attached hydrogens (tertiary/aromatic N) is 1. The second kappa shape index (κ2) is 5.80. The Labute approximate surface area is 107 Å². The third kappa shape index (κ3) is 2.60. The standard InChI is InChI=1S/C14H18N2O2/c15-10-12-8-4-5-9-16(12)13(14(17)18)11-6-2-1-3-7-11/h1-4,6-8,12-13H,5,9-10,15H2,(H,17,18). The Balaban J connectivity index is 2.31. The molecule has 18 heavy (non-hydrogen) atoms. The molecule has 96 valence electrons. The molecular weight excluding hydrogens is 228 g/mol. The molecule has 2 atom stereocenters. The molecule has 0 bridgehead atoms. The van der Waals surface area contributed by atoms with Crippen LogP contribution in [0.25, 0.3) is 0 Å². The van der Waals surface area contributed by atoms with Crippen LogP contribution in [0.4, 0.5) is 0 Å². The minimum atomic E-state index is -0.824. The van der Waals surface area contributed by atoms with Crippen molar-refractivity contribution in [3.8, 4) is 0 Å². The molecule has 0 spiro atoms. The maximum Gasteiger partial charge on any atom is 0.325 e. The predicted molar refractivity (Wildman–Crippen MR) is 70.1 cm³/mol. The van der Waals surface area contributed by atoms with Crippen molar-refractivity contribution in [1.29, 1.82) is 0 Å². The van der Waals surface area contributed by atoms with E-state index in [9.17, 15) is 9.90 Å². The monoisotopic (exact) mass is 246 g/mol. The number of rotatable bonds is 4. The van der Waals surface area contributed by atoms with E-state index in [1.54, 1.807) is 0 Å². The summed E-state index contributed by atoms with van der Waals surface area (Å²) in [5.41, 5.74) is 6.53. The Morgan fingerprint density at radius 1 is 1.44 bits per heavy atom. The van der Waals surface area contributed by atoms with Crippen LogP contribution in [0.3, 0.4) is 0 Å². The molecule has 0 amide bonds. The van der Waals surface area contributed by atoms with Crippen molar-refractivity contribution >= 4 is 5.97 Å². The van der Waals surface area contributed by atoms with Crippen LogP contribution in [-0.2, 0) is 4.79 Å². The fraction of sp³-hybridized carbons (Fsp3) is 0.357. The molecule has 0 aromatic heterocycles. The van der Waals surface area contributed by atoms with E-state index < -0.39 is 12.0 Å². The van der Waals surface area contributed by atoms with Gasteiger partial charge in [0.2, 0.25) is 0 Å². The number of nitrogens with two attached hydrogens (primary N) is 1. The van der Waals surface area contributed by atoms with Gasteiger partial charge in [-0.25, -0.2) is 0 Å². The lowest BCUT2D eigenvalue weighted by Gasteiger charge is -2.36. The molecule has 4 nitrogen and oxygen atoms in total. The van der Waals surface area contributed by atoms with Crippen molar-refractivity contribution in [3.63, 3.8) is 0 Å². The SMILES string of the molecule is NCC1C=CCCN1C(C(=O)O)c1ccccc1. The van der Waals surface area contributed by atoms with Gasteiger partial charge < -0.3 is 10.8 Å². The van der Waals surface area contributed by atoms with E-state index in [-0.39, 0.29) is 6.04 Å². The van der Waals surface area contributed by atoms with E-state index in [4.69, 9.17) is 5.73 Å². The Kier molecular flexibility index (Phi) is 4.12. The summed E-state index contributed by atoms with van der Waals surface area (Å²) in [7, 11) is 0. The molecule has 0 aliphatic carbocycles. The third-order valence-electron chi connectivity index (χ3n) is 3.26. The summed E-state index contributed by atoms with van der Waals surface area (Å²) >= 11 is 0. The third-order valence-corrected chi connectivity index (χ3v) is 3.26. The van der Waals surface area contributed by atoms with E-state index in [0.29, 0.717) is 6.54 Å². The van der Waals surface area contributed by atoms with Gasteiger partial charge in [-0.05, 0) is 12.0 Å². The van der Waals surface area contributed by atoms with Crippen molar-refractivity contribution in [1.82, 2.24) is 4.90 Å². The number of carbonyl (C=O) groups is 1. The summed E-state index contributed by atoms with van der Waals surface area (Å²) in [5.74, 6) is -0.824. The molecule has 4 heteroatoms. The minimum Gasteiger partial charge on any atom is -0.480 e. The van der Waals surface area contributed by atoms with Gasteiger partial charge >= 0.3 is 5.97 Å². The van der Waals surface area contributed by atoms with Crippen LogP contribution in [0.5, 0.6) is 0 Å². The smallest absolute Gasteiger partial charge is 0.325 e. The molecular formula is C14H18N2O2. The molecule has 1 aliphatic rings. The van der Waals surface area contributed by atoms with Crippen molar-refractivity contribution in [3.05, 3.63) is 48.0 Å². The van der Waals surface area contributed by atoms with Crippen LogP contribution in [0, 0.1) is 0 Å². The number of hydrogen-bond donors (Lipinski definition) is 2. The van der Waals surface area contributed by atoms with Gasteiger partial charge in [0.15, 0.2) is 0 Å². The van der Waals surface area contributed by atoms with E-state index in [0.717, 1.165) is 18.5 Å². The number of carboxylic acids is 1. The van der Waals surface area contributed by atoms with E-state index in [1.165, 1.54) is 0 Å². The number of aliphatic carboxylic acids is 1. The van der Waals surface area contributed by atoms with Crippen molar-refractivity contribution in [2.24, 2.45) is 5.73 Å². The van der Waals surface area contributed by atoms with Crippen LogP contribution in [0.15, 0.2) is 42.5 Å². The highest BCUT2D eigenvalue weighted by Crippen LogP contribution is 2.25. The van der Waals surface area contributed by atoms with Crippen LogP contribution >= 0.6 is 0 Å². The Bertz CT molecular complexity index is 431. The summed E-state index contributed by atoms with van der Waals surface area (Å²) in [4.78, 5) is 13.5. The second-order valence-corrected chi connectivity index (χ2v) is 4.41. The molecule has 1 aromatic carbocycles. The van der Waals surface area contributed by atoms with Gasteiger partial charge in [-0.1, -0.05) is 42.5 Å². The van der Waals surface area contributed by atoms with Gasteiger partial charge in [0.25, 0.3) is 0 Å². The van der Waals surface area contributed by atoms with E-state index >= 15 is 0 Å². The zero-order chi connectivity index (χ0) is 13.0. The maximum atomic E-state index is 11.6. The first-order chi connectivity index (χ1) is 8.74. The van der Waals surface area contributed by atoms with E-state index in [1.807, 2.05) is 41.3 Å². The lowest BCUT2D eigenvalue weighted by molar-refractivity contribution is -0.144. The van der Waals surface area contributed by atoms with Crippen molar-refractivity contribution in [2.45, 2.75) is 18.5 Å². The Hall–Kier alpha value is -1.65. The summed E-state index contributed by atoms with van der Waals surface area (Å²) in [6.45, 7) is 1.16. The average molecular weight is 246 g/mol. The Morgan fingerprint density at radius 2 is 2.17 bits per heavy atom. The molecule has 0 fully saturated rings. The maximum absolute atomic E-state index is 11.6. The average Bonchev–Trinajstić information content (AvgIpc) is 2.40. The number of hydrogen-bond acceptors (Lipinski definition) is 3. The normalized spacial score (nSPS) is 21.7. The molecule has 3 N–H and O–H groups in total. The quantitative estimate of drug-likeness (QED) is 0.788. The summed E-state index contributed by atoms with van der Waals surface area (Å²) in [6, 6.07) is 8.70. The first-order valence-electron chi connectivity index (χ1n) is 6.14. The largest absolute Gasteiger partial charge is 0.480 e. The predicted octanol–water partition coefficient (Wildman–Crippen LogP) is 1.40. The number of benzene rings is 1. The molecule has 0 saturated heterocycles. The molecule has 0 radical (unpaired) electrons. The minimum absolute atomic E-state index is 0.0000520. The summed E-state index contributed by atoms with van der Waals surface area (Å²) in [6.07, 6.45) is 4.94. The van der Waals surface area contributed by atoms with Crippen molar-refractivity contribution < 1.29 is 9.90 Å². The zero-order valence-electron chi connectivity index (χ0n) is 10.2. The lowest BCUT2D eigenvalue weighted by atomic mass is 10.0. The summed E-state index contributed by atoms with van der Waals surface area (Å²) in [5, 5.41) is 9.49. The molecule has 0 saturated carbocycles. The first-order valence-corrected chi connectivity index (χ1v) is 6.14. The van der Waals surface area contributed by atoms with Crippen LogP contribution in [0.1, 0.15) is 18.0 Å². The van der Waals surface area contributed by atoms with Crippen LogP contribution < -0.4 is 5.73 Å². The lowest BCUT2D eigenvalue weighted by Crippen LogP contribution is -2.46. The van der Waals surface area contributed by atoms with Crippen LogP contribution in [-0.4, -0.2) is 35.1 Å². The number of carboxylic acid groups (broad SMARTS) is 1. The molecule has 1 aromatic rings. The molecule has 2 rings (SSSR count). The van der Waals surface area contributed by atoms with Crippen LogP contribution in [0.2, 0.25) is 0 Å². The van der Waals surface area contributed by atoms with Gasteiger partial charge in [-0.3, -0.25) is 9.69 Å². The zero-order valence-corrected chi connectivity index (χ0v) is 10.2. The second-order valence-electron chi connectivity index (χ2n) is 4.41. The molecule has 1 heterocycles. The topological polar surface area (TPSA) is 66.6 Å². The van der Waals surface area contributed by atoms with Crippen molar-refractivity contribution in [2.75, 3.05) is 13.1 Å². The van der Waals surface area contributed by atoms with E-state index in [2.05, 4.69) is 6.08 Å².